The van der Waals surface area contributed by atoms with Crippen LogP contribution in [0.2, 0.25) is 0 Å². The van der Waals surface area contributed by atoms with Crippen LogP contribution in [0.15, 0.2) is 18.3 Å². The van der Waals surface area contributed by atoms with Crippen molar-refractivity contribution in [2.75, 3.05) is 31.1 Å². The Hall–Kier alpha value is -1.69. The average Bonchev–Trinajstić information content (AvgIpc) is 2.90. The van der Waals surface area contributed by atoms with Crippen molar-refractivity contribution in [1.29, 1.82) is 0 Å². The molecule has 1 aliphatic heterocycles. The van der Waals surface area contributed by atoms with Crippen molar-refractivity contribution in [2.45, 2.75) is 20.3 Å². The zero-order chi connectivity index (χ0) is 14.8. The number of carbonyl (C=O) groups excluding carboxylic acids is 1. The van der Waals surface area contributed by atoms with Crippen molar-refractivity contribution in [1.82, 2.24) is 14.9 Å². The molecule has 0 aromatic carbocycles. The third-order valence-corrected chi connectivity index (χ3v) is 4.68. The third-order valence-electron chi connectivity index (χ3n) is 3.64. The average molecular weight is 304 g/mol. The molecule has 1 aliphatic rings. The summed E-state index contributed by atoms with van der Waals surface area (Å²) in [5.74, 6) is 0.696. The highest BCUT2D eigenvalue weighted by Gasteiger charge is 2.23. The Morgan fingerprint density at radius 2 is 2.10 bits per heavy atom. The molecule has 0 aliphatic carbocycles. The lowest BCUT2D eigenvalue weighted by Crippen LogP contribution is -2.49. The highest BCUT2D eigenvalue weighted by Crippen LogP contribution is 2.27. The summed E-state index contributed by atoms with van der Waals surface area (Å²) >= 11 is 1.62. The van der Waals surface area contributed by atoms with Crippen molar-refractivity contribution in [2.24, 2.45) is 5.92 Å². The number of carbonyl (C=O) groups is 1. The number of fused-ring (bicyclic) bond motifs is 1. The topological polar surface area (TPSA) is 49.3 Å². The first kappa shape index (κ1) is 14.3. The Labute approximate surface area is 128 Å². The minimum Gasteiger partial charge on any atom is -0.344 e. The lowest BCUT2D eigenvalue weighted by atomic mass is 10.1. The molecule has 0 unspecified atom stereocenters. The van der Waals surface area contributed by atoms with Gasteiger partial charge < -0.3 is 9.80 Å². The smallest absolute Gasteiger partial charge is 0.222 e. The van der Waals surface area contributed by atoms with Crippen LogP contribution >= 0.6 is 11.3 Å². The Bertz CT molecular complexity index is 598. The van der Waals surface area contributed by atoms with Gasteiger partial charge in [-0.25, -0.2) is 9.97 Å². The maximum absolute atomic E-state index is 12.1. The zero-order valence-corrected chi connectivity index (χ0v) is 13.3. The number of hydrogen-bond donors (Lipinski definition) is 0. The molecule has 3 rings (SSSR count). The molecular formula is C15H20N4OS. The van der Waals surface area contributed by atoms with Crippen molar-refractivity contribution < 1.29 is 4.79 Å². The van der Waals surface area contributed by atoms with Crippen LogP contribution < -0.4 is 4.90 Å². The number of amides is 1. The largest absolute Gasteiger partial charge is 0.344 e. The van der Waals surface area contributed by atoms with Crippen molar-refractivity contribution in [3.63, 3.8) is 0 Å². The molecule has 0 spiro atoms. The first-order valence-electron chi connectivity index (χ1n) is 7.38. The van der Waals surface area contributed by atoms with E-state index in [1.807, 2.05) is 17.0 Å². The molecule has 1 saturated heterocycles. The number of piperazine rings is 1. The van der Waals surface area contributed by atoms with Gasteiger partial charge in [0.1, 0.15) is 10.3 Å². The van der Waals surface area contributed by atoms with Gasteiger partial charge in [-0.15, -0.1) is 0 Å². The molecule has 21 heavy (non-hydrogen) atoms. The second kappa shape index (κ2) is 5.97. The van der Waals surface area contributed by atoms with Gasteiger partial charge >= 0.3 is 0 Å². The third kappa shape index (κ3) is 3.15. The van der Waals surface area contributed by atoms with Crippen LogP contribution in [-0.2, 0) is 4.79 Å². The first-order chi connectivity index (χ1) is 10.1. The minimum absolute atomic E-state index is 0.274. The number of thiazole rings is 1. The fraction of sp³-hybridized carbons (Fsp3) is 0.533. The normalized spacial score (nSPS) is 16.0. The molecule has 112 valence electrons. The Morgan fingerprint density at radius 3 is 2.76 bits per heavy atom. The lowest BCUT2D eigenvalue weighted by Gasteiger charge is -2.34. The highest BCUT2D eigenvalue weighted by molar-refractivity contribution is 7.21. The predicted octanol–water partition coefficient (Wildman–Crippen LogP) is 2.39. The van der Waals surface area contributed by atoms with Gasteiger partial charge in [-0.1, -0.05) is 25.2 Å². The summed E-state index contributed by atoms with van der Waals surface area (Å²) in [6, 6.07) is 3.90. The number of rotatable bonds is 3. The van der Waals surface area contributed by atoms with Gasteiger partial charge in [-0.2, -0.15) is 0 Å². The number of nitrogens with zero attached hydrogens (tertiary/aromatic N) is 4. The molecular weight excluding hydrogens is 284 g/mol. The van der Waals surface area contributed by atoms with Crippen molar-refractivity contribution in [3.8, 4) is 0 Å². The molecule has 0 radical (unpaired) electrons. The minimum atomic E-state index is 0.274. The van der Waals surface area contributed by atoms with E-state index in [2.05, 4.69) is 28.7 Å². The standard InChI is InChI=1S/C15H20N4OS/c1-11(2)10-13(20)18-6-8-19(9-7-18)15-17-12-4-3-5-16-14(12)21-15/h3-5,11H,6-10H2,1-2H3. The maximum atomic E-state index is 12.1. The summed E-state index contributed by atoms with van der Waals surface area (Å²) in [4.78, 5) is 26.3. The fourth-order valence-electron chi connectivity index (χ4n) is 2.52. The van der Waals surface area contributed by atoms with Crippen molar-refractivity contribution >= 4 is 32.7 Å². The van der Waals surface area contributed by atoms with Crippen LogP contribution in [0.5, 0.6) is 0 Å². The van der Waals surface area contributed by atoms with E-state index in [-0.39, 0.29) is 5.91 Å². The summed E-state index contributed by atoms with van der Waals surface area (Å²) in [7, 11) is 0. The van der Waals surface area contributed by atoms with E-state index in [1.54, 1.807) is 17.5 Å². The summed E-state index contributed by atoms with van der Waals surface area (Å²) in [6.07, 6.45) is 2.44. The quantitative estimate of drug-likeness (QED) is 0.873. The molecule has 2 aromatic rings. The van der Waals surface area contributed by atoms with Crippen LogP contribution in [0.1, 0.15) is 20.3 Å². The Morgan fingerprint density at radius 1 is 1.33 bits per heavy atom. The molecule has 0 saturated carbocycles. The summed E-state index contributed by atoms with van der Waals surface area (Å²) in [5.41, 5.74) is 0.954. The van der Waals surface area contributed by atoms with Gasteiger partial charge in [0.2, 0.25) is 5.91 Å². The Balaban J connectivity index is 1.64. The highest BCUT2D eigenvalue weighted by atomic mass is 32.1. The summed E-state index contributed by atoms with van der Waals surface area (Å²) < 4.78 is 0. The monoisotopic (exact) mass is 304 g/mol. The number of hydrogen-bond acceptors (Lipinski definition) is 5. The van der Waals surface area contributed by atoms with E-state index < -0.39 is 0 Å². The molecule has 0 N–H and O–H groups in total. The van der Waals surface area contributed by atoms with E-state index >= 15 is 0 Å². The second-order valence-corrected chi connectivity index (χ2v) is 6.75. The molecule has 0 atom stereocenters. The molecule has 1 fully saturated rings. The maximum Gasteiger partial charge on any atom is 0.222 e. The number of aromatic nitrogens is 2. The van der Waals surface area contributed by atoms with Crippen LogP contribution in [0.25, 0.3) is 10.3 Å². The van der Waals surface area contributed by atoms with Crippen LogP contribution in [-0.4, -0.2) is 47.0 Å². The SMILES string of the molecule is CC(C)CC(=O)N1CCN(c2nc3cccnc3s2)CC1. The van der Waals surface area contributed by atoms with Crippen molar-refractivity contribution in [3.05, 3.63) is 18.3 Å². The molecule has 0 bridgehead atoms. The lowest BCUT2D eigenvalue weighted by molar-refractivity contribution is -0.132. The Kier molecular flexibility index (Phi) is 4.05. The fourth-order valence-corrected chi connectivity index (χ4v) is 3.48. The first-order valence-corrected chi connectivity index (χ1v) is 8.19. The van der Waals surface area contributed by atoms with E-state index in [1.165, 1.54) is 0 Å². The van der Waals surface area contributed by atoms with Gasteiger partial charge in [0, 0.05) is 38.8 Å². The summed E-state index contributed by atoms with van der Waals surface area (Å²) in [5, 5.41) is 1.01. The molecule has 1 amide bonds. The van der Waals surface area contributed by atoms with Gasteiger partial charge in [0.15, 0.2) is 5.13 Å². The van der Waals surface area contributed by atoms with E-state index in [0.29, 0.717) is 12.3 Å². The van der Waals surface area contributed by atoms with Gasteiger partial charge in [-0.3, -0.25) is 4.79 Å². The number of anilines is 1. The van der Waals surface area contributed by atoms with E-state index in [9.17, 15) is 4.79 Å². The van der Waals surface area contributed by atoms with E-state index in [4.69, 9.17) is 0 Å². The number of pyridine rings is 1. The summed E-state index contributed by atoms with van der Waals surface area (Å²) in [6.45, 7) is 7.45. The van der Waals surface area contributed by atoms with Crippen LogP contribution in [0.3, 0.4) is 0 Å². The predicted molar refractivity (Wildman–Crippen MR) is 85.7 cm³/mol. The second-order valence-electron chi connectivity index (χ2n) is 5.79. The molecule has 2 aromatic heterocycles. The van der Waals surface area contributed by atoms with Gasteiger partial charge in [0.05, 0.1) is 0 Å². The van der Waals surface area contributed by atoms with Crippen LogP contribution in [0, 0.1) is 5.92 Å². The van der Waals surface area contributed by atoms with Crippen LogP contribution in [0.4, 0.5) is 5.13 Å². The molecule has 3 heterocycles. The zero-order valence-electron chi connectivity index (χ0n) is 12.5. The van der Waals surface area contributed by atoms with E-state index in [0.717, 1.165) is 41.7 Å². The van der Waals surface area contributed by atoms with Gasteiger partial charge in [0.25, 0.3) is 0 Å². The molecule has 6 heteroatoms. The van der Waals surface area contributed by atoms with Gasteiger partial charge in [-0.05, 0) is 18.1 Å². The molecule has 5 nitrogen and oxygen atoms in total.